The van der Waals surface area contributed by atoms with Gasteiger partial charge < -0.3 is 25.4 Å². The molecule has 1 atom stereocenters. The number of aromatic nitrogens is 3. The molecule has 0 saturated carbocycles. The molecule has 1 fully saturated rings. The van der Waals surface area contributed by atoms with Gasteiger partial charge in [0, 0.05) is 19.6 Å². The molecular weight excluding hydrogens is 574 g/mol. The Morgan fingerprint density at radius 2 is 1.91 bits per heavy atom. The number of phenols is 1. The van der Waals surface area contributed by atoms with Crippen LogP contribution < -0.4 is 21.1 Å². The van der Waals surface area contributed by atoms with Crippen molar-refractivity contribution in [2.75, 3.05) is 31.1 Å². The van der Waals surface area contributed by atoms with Gasteiger partial charge in [0.2, 0.25) is 5.91 Å². The average molecular weight is 603 g/mol. The Morgan fingerprint density at radius 1 is 1.16 bits per heavy atom. The van der Waals surface area contributed by atoms with E-state index in [-0.39, 0.29) is 71.9 Å². The maximum atomic E-state index is 16.5. The van der Waals surface area contributed by atoms with E-state index in [1.165, 1.54) is 24.3 Å². The van der Waals surface area contributed by atoms with Gasteiger partial charge in [0.05, 0.1) is 22.9 Å². The molecule has 0 bridgehead atoms. The quantitative estimate of drug-likeness (QED) is 0.332. The molecule has 3 N–H and O–H groups in total. The zero-order chi connectivity index (χ0) is 31.4. The van der Waals surface area contributed by atoms with Gasteiger partial charge in [0.1, 0.15) is 35.1 Å². The van der Waals surface area contributed by atoms with Crippen molar-refractivity contribution in [3.63, 3.8) is 0 Å². The predicted octanol–water partition coefficient (Wildman–Crippen LogP) is 3.25. The minimum Gasteiger partial charge on any atom is -0.507 e. The number of aromatic hydroxyl groups is 1. The van der Waals surface area contributed by atoms with Crippen molar-refractivity contribution >= 4 is 28.7 Å². The molecule has 2 aliphatic heterocycles. The lowest BCUT2D eigenvalue weighted by Crippen LogP contribution is -2.56. The molecule has 0 aliphatic carbocycles. The molecule has 2 aliphatic rings. The Bertz CT molecular complexity index is 1920. The van der Waals surface area contributed by atoms with E-state index in [0.29, 0.717) is 5.56 Å². The van der Waals surface area contributed by atoms with Crippen molar-refractivity contribution in [3.05, 3.63) is 82.3 Å². The summed E-state index contributed by atoms with van der Waals surface area (Å²) in [5.74, 6) is -4.29. The monoisotopic (exact) mass is 602 g/mol. The van der Waals surface area contributed by atoms with Gasteiger partial charge in [-0.25, -0.2) is 23.1 Å². The molecule has 0 radical (unpaired) electrons. The van der Waals surface area contributed by atoms with Crippen LogP contribution in [0.3, 0.4) is 0 Å². The Kier molecular flexibility index (Phi) is 7.02. The number of nitrogens with two attached hydrogens (primary N) is 1. The van der Waals surface area contributed by atoms with Crippen molar-refractivity contribution in [1.82, 2.24) is 19.4 Å². The number of hydrogen-bond donors (Lipinski definition) is 2. The molecule has 4 heterocycles. The summed E-state index contributed by atoms with van der Waals surface area (Å²) in [6.45, 7) is 7.78. The van der Waals surface area contributed by atoms with Crippen LogP contribution in [0.25, 0.3) is 28.0 Å². The summed E-state index contributed by atoms with van der Waals surface area (Å²) < 4.78 is 38.7. The van der Waals surface area contributed by atoms with Gasteiger partial charge in [-0.3, -0.25) is 9.59 Å². The highest BCUT2D eigenvalue weighted by Gasteiger charge is 2.38. The summed E-state index contributed by atoms with van der Waals surface area (Å²) in [6, 6.07) is 7.72. The highest BCUT2D eigenvalue weighted by molar-refractivity contribution is 6.00. The Labute approximate surface area is 249 Å². The first-order chi connectivity index (χ1) is 21.0. The summed E-state index contributed by atoms with van der Waals surface area (Å²) in [6.07, 6.45) is 1.19. The molecule has 2 aromatic carbocycles. The van der Waals surface area contributed by atoms with Crippen LogP contribution in [0, 0.1) is 11.6 Å². The van der Waals surface area contributed by atoms with Crippen LogP contribution >= 0.6 is 0 Å². The molecule has 11 nitrogen and oxygen atoms in total. The van der Waals surface area contributed by atoms with Gasteiger partial charge in [-0.2, -0.15) is 4.98 Å². The third kappa shape index (κ3) is 4.43. The Balaban J connectivity index is 1.74. The van der Waals surface area contributed by atoms with Crippen LogP contribution in [0.1, 0.15) is 35.7 Å². The molecular formula is C31H28F2N6O5. The maximum absolute atomic E-state index is 16.5. The fourth-order valence-electron chi connectivity index (χ4n) is 5.90. The molecule has 44 heavy (non-hydrogen) atoms. The van der Waals surface area contributed by atoms with Gasteiger partial charge in [0.25, 0.3) is 5.91 Å². The number of benzene rings is 2. The Hall–Kier alpha value is -5.33. The van der Waals surface area contributed by atoms with Crippen LogP contribution in [0.5, 0.6) is 11.5 Å². The number of fused-ring (bicyclic) bond motifs is 2. The minimum absolute atomic E-state index is 0.00153. The van der Waals surface area contributed by atoms with Gasteiger partial charge >= 0.3 is 5.69 Å². The lowest BCUT2D eigenvalue weighted by molar-refractivity contribution is -0.126. The largest absolute Gasteiger partial charge is 0.507 e. The number of pyridine rings is 1. The van der Waals surface area contributed by atoms with E-state index in [4.69, 9.17) is 10.5 Å². The molecule has 1 saturated heterocycles. The molecule has 226 valence electrons. The zero-order valence-corrected chi connectivity index (χ0v) is 23.9. The second-order valence-corrected chi connectivity index (χ2v) is 10.9. The van der Waals surface area contributed by atoms with Crippen molar-refractivity contribution in [1.29, 1.82) is 0 Å². The van der Waals surface area contributed by atoms with Crippen LogP contribution in [-0.2, 0) is 4.79 Å². The van der Waals surface area contributed by atoms with E-state index < -0.39 is 46.3 Å². The van der Waals surface area contributed by atoms with E-state index >= 15 is 8.78 Å². The molecule has 0 unspecified atom stereocenters. The summed E-state index contributed by atoms with van der Waals surface area (Å²) >= 11 is 0. The summed E-state index contributed by atoms with van der Waals surface area (Å²) in [4.78, 5) is 51.3. The Morgan fingerprint density at radius 3 is 2.59 bits per heavy atom. The third-order valence-electron chi connectivity index (χ3n) is 7.97. The third-order valence-corrected chi connectivity index (χ3v) is 7.97. The number of amides is 2. The number of nitrogens with zero attached hydrogens (tertiary/aromatic N) is 5. The van der Waals surface area contributed by atoms with Gasteiger partial charge in [0.15, 0.2) is 17.2 Å². The number of rotatable bonds is 5. The summed E-state index contributed by atoms with van der Waals surface area (Å²) in [5.41, 5.74) is 4.18. The molecule has 2 aromatic heterocycles. The predicted molar refractivity (Wildman–Crippen MR) is 158 cm³/mol. The van der Waals surface area contributed by atoms with Crippen molar-refractivity contribution in [3.8, 4) is 28.4 Å². The summed E-state index contributed by atoms with van der Waals surface area (Å²) in [7, 11) is 0. The van der Waals surface area contributed by atoms with Gasteiger partial charge in [-0.15, -0.1) is 0 Å². The van der Waals surface area contributed by atoms with Gasteiger partial charge in [-0.1, -0.05) is 38.6 Å². The van der Waals surface area contributed by atoms with Crippen molar-refractivity contribution in [2.45, 2.75) is 25.8 Å². The maximum Gasteiger partial charge on any atom is 0.355 e. The second-order valence-electron chi connectivity index (χ2n) is 10.9. The number of anilines is 1. The SMILES string of the molecule is C=CC(=O)N1CCN2c3nc(=O)n(-c4c(C(N)=O)cccc4C(C)C)c4nc(-c5c(O)cccc5F)c(F)c(c34)OC[C@H]2C1. The van der Waals surface area contributed by atoms with E-state index in [1.807, 2.05) is 13.8 Å². The molecule has 6 rings (SSSR count). The lowest BCUT2D eigenvalue weighted by Gasteiger charge is -2.40. The number of para-hydroxylation sites is 1. The number of ether oxygens (including phenoxy) is 1. The topological polar surface area (TPSA) is 144 Å². The van der Waals surface area contributed by atoms with E-state index in [9.17, 15) is 19.5 Å². The van der Waals surface area contributed by atoms with Crippen LogP contribution in [-0.4, -0.2) is 68.6 Å². The number of piperazine rings is 1. The highest BCUT2D eigenvalue weighted by Crippen LogP contribution is 2.44. The normalized spacial score (nSPS) is 16.0. The first-order valence-corrected chi connectivity index (χ1v) is 13.9. The number of primary amides is 1. The number of carbonyl (C=O) groups is 2. The number of hydrogen-bond acceptors (Lipinski definition) is 8. The van der Waals surface area contributed by atoms with E-state index in [2.05, 4.69) is 16.5 Å². The summed E-state index contributed by atoms with van der Waals surface area (Å²) in [5, 5.41) is 10.6. The fourth-order valence-corrected chi connectivity index (χ4v) is 5.90. The first kappa shape index (κ1) is 28.8. The molecule has 2 amide bonds. The van der Waals surface area contributed by atoms with E-state index in [1.54, 1.807) is 21.9 Å². The van der Waals surface area contributed by atoms with E-state index in [0.717, 1.165) is 10.6 Å². The first-order valence-electron chi connectivity index (χ1n) is 13.9. The standard InChI is InChI=1S/C31H28F2N6O5/c1-4-21(41)37-11-12-38-16(13-37)14-44-27-23-29(38)36-31(43)39(26-17(15(2)3)7-5-8-18(26)28(34)42)30(23)35-25(24(27)33)22-19(32)9-6-10-20(22)40/h4-10,15-16,40H,1,11-14H2,2-3H3,(H2,34,42)/t16-/m1/s1. The van der Waals surface area contributed by atoms with Crippen LogP contribution in [0.4, 0.5) is 14.6 Å². The molecule has 0 spiro atoms. The fraction of sp³-hybridized carbons (Fsp3) is 0.258. The smallest absolute Gasteiger partial charge is 0.355 e. The number of carbonyl (C=O) groups excluding carboxylic acids is 2. The second kappa shape index (κ2) is 10.7. The van der Waals surface area contributed by atoms with Gasteiger partial charge in [-0.05, 0) is 35.8 Å². The average Bonchev–Trinajstić information content (AvgIpc) is 3.15. The van der Waals surface area contributed by atoms with Crippen LogP contribution in [0.15, 0.2) is 53.8 Å². The zero-order valence-electron chi connectivity index (χ0n) is 23.9. The molecule has 13 heteroatoms. The van der Waals surface area contributed by atoms with Crippen LogP contribution in [0.2, 0.25) is 0 Å². The highest BCUT2D eigenvalue weighted by atomic mass is 19.1. The number of phenolic OH excluding ortho intramolecular Hbond substituents is 1. The number of halogens is 2. The lowest BCUT2D eigenvalue weighted by atomic mass is 9.97. The minimum atomic E-state index is -1.09. The molecule has 4 aromatic rings. The van der Waals surface area contributed by atoms with Crippen molar-refractivity contribution in [2.24, 2.45) is 5.73 Å². The van der Waals surface area contributed by atoms with Crippen molar-refractivity contribution < 1.29 is 28.2 Å².